The molecule has 0 bridgehead atoms. The highest BCUT2D eigenvalue weighted by Gasteiger charge is 2.26. The van der Waals surface area contributed by atoms with Crippen molar-refractivity contribution < 1.29 is 14.2 Å². The first-order valence-electron chi connectivity index (χ1n) is 11.6. The highest BCUT2D eigenvalue weighted by Crippen LogP contribution is 2.34. The molecule has 3 unspecified atom stereocenters. The van der Waals surface area contributed by atoms with Gasteiger partial charge in [0.25, 0.3) is 0 Å². The summed E-state index contributed by atoms with van der Waals surface area (Å²) in [5.41, 5.74) is 10.3. The largest absolute Gasteiger partial charge is 0.495 e. The van der Waals surface area contributed by atoms with Crippen LogP contribution in [0, 0.1) is 17.2 Å². The van der Waals surface area contributed by atoms with E-state index in [1.54, 1.807) is 7.11 Å². The standard InChI is InChI=1S/C28H35ClN2O3/c1-5-24(29)22-10-9-21(16-18(22)2)34-27-8-6-7-20(15-19(27)3)26(31)17-23-25(30)11-12-28(23)33-14-13-32-4/h5-7,9-12,15,21-23,31H,2,8,13-14,16-17,30H2,1,3-4H3/b24-5+,31-26?. The van der Waals surface area contributed by atoms with Gasteiger partial charge in [0, 0.05) is 48.7 Å². The van der Waals surface area contributed by atoms with Crippen molar-refractivity contribution in [3.05, 3.63) is 94.2 Å². The molecule has 0 aromatic rings. The number of allylic oxidation sites excluding steroid dienone is 10. The second-order valence-electron chi connectivity index (χ2n) is 8.68. The molecule has 0 aliphatic heterocycles. The van der Waals surface area contributed by atoms with E-state index in [2.05, 4.69) is 18.7 Å². The van der Waals surface area contributed by atoms with E-state index >= 15 is 0 Å². The van der Waals surface area contributed by atoms with Crippen molar-refractivity contribution in [2.75, 3.05) is 20.3 Å². The Balaban J connectivity index is 1.67. The number of hydrogen-bond acceptors (Lipinski definition) is 5. The van der Waals surface area contributed by atoms with Gasteiger partial charge in [0.1, 0.15) is 24.2 Å². The third kappa shape index (κ3) is 6.43. The van der Waals surface area contributed by atoms with E-state index in [4.69, 9.17) is 37.0 Å². The van der Waals surface area contributed by atoms with Gasteiger partial charge in [-0.15, -0.1) is 0 Å². The van der Waals surface area contributed by atoms with Crippen LogP contribution in [-0.2, 0) is 14.2 Å². The van der Waals surface area contributed by atoms with Crippen LogP contribution in [0.1, 0.15) is 33.1 Å². The molecule has 0 amide bonds. The van der Waals surface area contributed by atoms with Crippen molar-refractivity contribution in [2.45, 2.75) is 39.2 Å². The molecule has 3 N–H and O–H groups in total. The molecule has 3 rings (SSSR count). The van der Waals surface area contributed by atoms with Gasteiger partial charge in [0.2, 0.25) is 0 Å². The van der Waals surface area contributed by atoms with Gasteiger partial charge >= 0.3 is 0 Å². The van der Waals surface area contributed by atoms with Crippen LogP contribution in [0.4, 0.5) is 0 Å². The van der Waals surface area contributed by atoms with E-state index in [9.17, 15) is 0 Å². The second-order valence-corrected chi connectivity index (χ2v) is 9.12. The fraction of sp³-hybridized carbons (Fsp3) is 0.393. The molecule has 0 saturated carbocycles. The van der Waals surface area contributed by atoms with Crippen molar-refractivity contribution in [1.82, 2.24) is 0 Å². The average Bonchev–Trinajstić information content (AvgIpc) is 3.04. The topological polar surface area (TPSA) is 77.6 Å². The Hall–Kier alpha value is -2.76. The summed E-state index contributed by atoms with van der Waals surface area (Å²) in [4.78, 5) is 0. The number of methoxy groups -OCH3 is 1. The van der Waals surface area contributed by atoms with E-state index in [-0.39, 0.29) is 17.9 Å². The summed E-state index contributed by atoms with van der Waals surface area (Å²) in [5.74, 6) is 1.63. The lowest BCUT2D eigenvalue weighted by Gasteiger charge is -2.27. The van der Waals surface area contributed by atoms with Gasteiger partial charge in [-0.2, -0.15) is 0 Å². The molecule has 0 heterocycles. The first-order valence-corrected chi connectivity index (χ1v) is 12.0. The summed E-state index contributed by atoms with van der Waals surface area (Å²) < 4.78 is 17.2. The van der Waals surface area contributed by atoms with Crippen LogP contribution in [0.3, 0.4) is 0 Å². The third-order valence-electron chi connectivity index (χ3n) is 6.20. The molecule has 6 heteroatoms. The van der Waals surface area contributed by atoms with Gasteiger partial charge in [0.05, 0.1) is 12.5 Å². The Kier molecular flexibility index (Phi) is 9.20. The molecule has 34 heavy (non-hydrogen) atoms. The first kappa shape index (κ1) is 25.9. The molecular formula is C28H35ClN2O3. The number of halogens is 1. The van der Waals surface area contributed by atoms with Crippen LogP contribution in [0.25, 0.3) is 0 Å². The van der Waals surface area contributed by atoms with Gasteiger partial charge in [-0.1, -0.05) is 48.1 Å². The minimum Gasteiger partial charge on any atom is -0.495 e. The molecule has 0 fully saturated rings. The second kappa shape index (κ2) is 12.1. The molecule has 0 saturated heterocycles. The quantitative estimate of drug-likeness (QED) is 0.219. The lowest BCUT2D eigenvalue weighted by Crippen LogP contribution is -2.19. The van der Waals surface area contributed by atoms with Crippen molar-refractivity contribution in [3.63, 3.8) is 0 Å². The smallest absolute Gasteiger partial charge is 0.120 e. The van der Waals surface area contributed by atoms with Gasteiger partial charge < -0.3 is 25.4 Å². The zero-order valence-corrected chi connectivity index (χ0v) is 21.0. The van der Waals surface area contributed by atoms with Crippen LogP contribution in [0.5, 0.6) is 0 Å². The van der Waals surface area contributed by atoms with E-state index < -0.39 is 0 Å². The molecule has 0 aromatic heterocycles. The zero-order chi connectivity index (χ0) is 24.7. The summed E-state index contributed by atoms with van der Waals surface area (Å²) in [5, 5.41) is 9.53. The predicted octanol–water partition coefficient (Wildman–Crippen LogP) is 6.24. The predicted molar refractivity (Wildman–Crippen MR) is 139 cm³/mol. The van der Waals surface area contributed by atoms with Gasteiger partial charge in [-0.3, -0.25) is 0 Å². The maximum Gasteiger partial charge on any atom is 0.120 e. The minimum absolute atomic E-state index is 0.0667. The molecular weight excluding hydrogens is 448 g/mol. The van der Waals surface area contributed by atoms with Crippen LogP contribution in [-0.4, -0.2) is 32.1 Å². The molecule has 5 nitrogen and oxygen atoms in total. The van der Waals surface area contributed by atoms with Crippen molar-refractivity contribution in [2.24, 2.45) is 17.6 Å². The lowest BCUT2D eigenvalue weighted by molar-refractivity contribution is 0.101. The van der Waals surface area contributed by atoms with Crippen LogP contribution in [0.15, 0.2) is 94.2 Å². The Morgan fingerprint density at radius 3 is 2.79 bits per heavy atom. The van der Waals surface area contributed by atoms with Gasteiger partial charge in [-0.25, -0.2) is 0 Å². The monoisotopic (exact) mass is 482 g/mol. The number of hydrogen-bond donors (Lipinski definition) is 2. The van der Waals surface area contributed by atoms with Crippen molar-refractivity contribution in [1.29, 1.82) is 5.41 Å². The molecule has 3 atom stereocenters. The Bertz CT molecular complexity index is 1030. The fourth-order valence-electron chi connectivity index (χ4n) is 4.21. The summed E-state index contributed by atoms with van der Waals surface area (Å²) in [6.45, 7) is 9.13. The van der Waals surface area contributed by atoms with E-state index in [1.807, 2.05) is 50.3 Å². The molecule has 0 radical (unpaired) electrons. The lowest BCUT2D eigenvalue weighted by atomic mass is 9.89. The Labute approximate surface area is 208 Å². The summed E-state index contributed by atoms with van der Waals surface area (Å²) in [6, 6.07) is 0. The summed E-state index contributed by atoms with van der Waals surface area (Å²) in [6.07, 6.45) is 17.6. The molecule has 182 valence electrons. The summed E-state index contributed by atoms with van der Waals surface area (Å²) in [7, 11) is 1.64. The number of ether oxygens (including phenoxy) is 3. The number of nitrogens with one attached hydrogen (secondary N) is 1. The number of rotatable bonds is 10. The molecule has 0 aromatic carbocycles. The highest BCUT2D eigenvalue weighted by molar-refractivity contribution is 6.30. The highest BCUT2D eigenvalue weighted by atomic mass is 35.5. The molecule has 3 aliphatic rings. The zero-order valence-electron chi connectivity index (χ0n) is 20.3. The van der Waals surface area contributed by atoms with Gasteiger partial charge in [0.15, 0.2) is 0 Å². The van der Waals surface area contributed by atoms with Crippen LogP contribution < -0.4 is 5.73 Å². The maximum atomic E-state index is 8.74. The Morgan fingerprint density at radius 1 is 1.29 bits per heavy atom. The van der Waals surface area contributed by atoms with Crippen molar-refractivity contribution in [3.8, 4) is 0 Å². The first-order chi connectivity index (χ1) is 16.3. The Morgan fingerprint density at radius 2 is 2.09 bits per heavy atom. The maximum absolute atomic E-state index is 8.74. The fourth-order valence-corrected chi connectivity index (χ4v) is 4.43. The van der Waals surface area contributed by atoms with E-state index in [0.717, 1.165) is 39.7 Å². The third-order valence-corrected chi connectivity index (χ3v) is 6.65. The van der Waals surface area contributed by atoms with Crippen LogP contribution in [0.2, 0.25) is 0 Å². The van der Waals surface area contributed by atoms with E-state index in [1.165, 1.54) is 0 Å². The normalized spacial score (nSPS) is 25.1. The molecule has 0 spiro atoms. The average molecular weight is 483 g/mol. The minimum atomic E-state index is -0.128. The summed E-state index contributed by atoms with van der Waals surface area (Å²) >= 11 is 6.31. The molecule has 3 aliphatic carbocycles. The number of nitrogens with two attached hydrogens (primary N) is 1. The van der Waals surface area contributed by atoms with Crippen molar-refractivity contribution >= 4 is 17.3 Å². The SMILES string of the molecule is C=C1CC(OC2=C(C)C=C(C(=N)CC3C(N)=CC=C3OCCOC)C=CC2)C=CC1/C(Cl)=C\C. The van der Waals surface area contributed by atoms with Gasteiger partial charge in [-0.05, 0) is 49.3 Å². The van der Waals surface area contributed by atoms with E-state index in [0.29, 0.717) is 37.5 Å². The van der Waals surface area contributed by atoms with Crippen LogP contribution >= 0.6 is 11.6 Å².